The number of rotatable bonds is 8. The molecule has 1 atom stereocenters. The smallest absolute Gasteiger partial charge is 0.339 e. The first-order valence-corrected chi connectivity index (χ1v) is 12.2. The van der Waals surface area contributed by atoms with E-state index < -0.39 is 48.0 Å². The normalized spacial score (nSPS) is 17.9. The van der Waals surface area contributed by atoms with Crippen LogP contribution in [0.1, 0.15) is 25.8 Å². The fraction of sp³-hybridized carbons (Fsp3) is 0.250. The molecule has 0 saturated carbocycles. The van der Waals surface area contributed by atoms with E-state index in [-0.39, 0.29) is 41.4 Å². The highest BCUT2D eigenvalue weighted by Gasteiger charge is 2.62. The first-order chi connectivity index (χ1) is 18.8. The minimum atomic E-state index is -2.12. The van der Waals surface area contributed by atoms with E-state index in [2.05, 4.69) is 5.32 Å². The summed E-state index contributed by atoms with van der Waals surface area (Å²) in [7, 11) is 0. The van der Waals surface area contributed by atoms with E-state index in [4.69, 9.17) is 19.9 Å². The zero-order valence-electron chi connectivity index (χ0n) is 21.4. The van der Waals surface area contributed by atoms with Crippen LogP contribution in [0.4, 0.5) is 11.4 Å². The van der Waals surface area contributed by atoms with Gasteiger partial charge in [-0.3, -0.25) is 14.4 Å². The second kappa shape index (κ2) is 11.1. The number of nitrogens with zero attached hydrogens (tertiary/aromatic N) is 2. The average molecular weight is 531 g/mol. The Kier molecular flexibility index (Phi) is 7.67. The van der Waals surface area contributed by atoms with Crippen molar-refractivity contribution in [2.45, 2.75) is 25.7 Å². The Balaban J connectivity index is 1.90. The molecule has 11 nitrogen and oxygen atoms in total. The number of fused-ring (bicyclic) bond motifs is 2. The number of nitriles is 1. The summed E-state index contributed by atoms with van der Waals surface area (Å²) in [5.74, 6) is -3.76. The second-order valence-electron chi connectivity index (χ2n) is 8.53. The summed E-state index contributed by atoms with van der Waals surface area (Å²) < 4.78 is 15.9. The molecular weight excluding hydrogens is 504 g/mol. The van der Waals surface area contributed by atoms with E-state index in [0.717, 1.165) is 0 Å². The molecule has 39 heavy (non-hydrogen) atoms. The van der Waals surface area contributed by atoms with Crippen LogP contribution >= 0.6 is 0 Å². The maximum absolute atomic E-state index is 14.4. The summed E-state index contributed by atoms with van der Waals surface area (Å²) in [6.07, 6.45) is -0.549. The maximum atomic E-state index is 14.4. The molecule has 2 amide bonds. The highest BCUT2D eigenvalue weighted by molar-refractivity contribution is 6.20. The van der Waals surface area contributed by atoms with E-state index in [0.29, 0.717) is 5.69 Å². The summed E-state index contributed by atoms with van der Waals surface area (Å²) in [4.78, 5) is 54.5. The zero-order valence-corrected chi connectivity index (χ0v) is 21.4. The van der Waals surface area contributed by atoms with Gasteiger partial charge in [0.1, 0.15) is 35.9 Å². The maximum Gasteiger partial charge on any atom is 0.339 e. The molecule has 2 aliphatic rings. The van der Waals surface area contributed by atoms with Crippen LogP contribution in [0.5, 0.6) is 0 Å². The van der Waals surface area contributed by atoms with Crippen LogP contribution in [-0.4, -0.2) is 43.5 Å². The molecule has 2 heterocycles. The molecule has 200 valence electrons. The van der Waals surface area contributed by atoms with Crippen molar-refractivity contribution in [2.75, 3.05) is 30.0 Å². The van der Waals surface area contributed by atoms with E-state index in [1.807, 2.05) is 6.07 Å². The predicted molar refractivity (Wildman–Crippen MR) is 138 cm³/mol. The van der Waals surface area contributed by atoms with Gasteiger partial charge in [0.25, 0.3) is 0 Å². The Morgan fingerprint density at radius 2 is 1.72 bits per heavy atom. The monoisotopic (exact) mass is 530 g/mol. The number of anilines is 2. The molecule has 0 unspecified atom stereocenters. The quantitative estimate of drug-likeness (QED) is 0.488. The van der Waals surface area contributed by atoms with Gasteiger partial charge in [-0.1, -0.05) is 36.4 Å². The largest absolute Gasteiger partial charge is 0.466 e. The Morgan fingerprint density at radius 1 is 1.05 bits per heavy atom. The fourth-order valence-electron chi connectivity index (χ4n) is 4.79. The van der Waals surface area contributed by atoms with E-state index in [9.17, 15) is 24.4 Å². The summed E-state index contributed by atoms with van der Waals surface area (Å²) in [6, 6.07) is 17.0. The number of para-hydroxylation sites is 2. The summed E-state index contributed by atoms with van der Waals surface area (Å²) in [5.41, 5.74) is 4.31. The van der Waals surface area contributed by atoms with Gasteiger partial charge >= 0.3 is 11.9 Å². The minimum Gasteiger partial charge on any atom is -0.466 e. The lowest BCUT2D eigenvalue weighted by molar-refractivity contribution is -0.143. The van der Waals surface area contributed by atoms with Gasteiger partial charge in [0.15, 0.2) is 5.41 Å². The molecule has 2 aliphatic heterocycles. The molecule has 3 N–H and O–H groups in total. The topological polar surface area (TPSA) is 161 Å². The molecule has 0 fully saturated rings. The Bertz CT molecular complexity index is 1440. The Hall–Kier alpha value is -5.11. The number of benzene rings is 2. The SMILES string of the molecule is CCOC(=O)CC1=C(C(=O)OCC)[C@@]2(C(=O)N(CC(=O)Nc3ccccc3)c3ccccc32)C(C#N)=C(N)O1. The van der Waals surface area contributed by atoms with Crippen molar-refractivity contribution in [3.05, 3.63) is 82.9 Å². The summed E-state index contributed by atoms with van der Waals surface area (Å²) >= 11 is 0. The predicted octanol–water partition coefficient (Wildman–Crippen LogP) is 2.40. The van der Waals surface area contributed by atoms with Crippen LogP contribution < -0.4 is 16.0 Å². The van der Waals surface area contributed by atoms with Crippen molar-refractivity contribution in [1.29, 1.82) is 5.26 Å². The second-order valence-corrected chi connectivity index (χ2v) is 8.53. The van der Waals surface area contributed by atoms with Crippen molar-refractivity contribution >= 4 is 35.1 Å². The van der Waals surface area contributed by atoms with Crippen LogP contribution in [0.25, 0.3) is 0 Å². The van der Waals surface area contributed by atoms with Gasteiger partial charge < -0.3 is 30.2 Å². The van der Waals surface area contributed by atoms with Gasteiger partial charge in [-0.05, 0) is 32.0 Å². The number of esters is 2. The third kappa shape index (κ3) is 4.68. The van der Waals surface area contributed by atoms with Crippen molar-refractivity contribution < 1.29 is 33.4 Å². The minimum absolute atomic E-state index is 0.0623. The molecular formula is C28H26N4O7. The van der Waals surface area contributed by atoms with E-state index in [1.54, 1.807) is 68.4 Å². The van der Waals surface area contributed by atoms with E-state index in [1.165, 1.54) is 4.90 Å². The molecule has 2 aromatic rings. The van der Waals surface area contributed by atoms with Gasteiger partial charge in [-0.2, -0.15) is 5.26 Å². The molecule has 1 spiro atoms. The standard InChI is InChI=1S/C28H26N4O7/c1-3-37-23(34)14-21-24(26(35)38-4-2)28(19(15-29)25(30)39-21)18-12-8-9-13-20(18)32(27(28)36)16-22(33)31-17-10-6-5-7-11-17/h5-13H,3-4,14,16,30H2,1-2H3,(H,31,33)/t28-/m0/s1. The molecule has 0 radical (unpaired) electrons. The highest BCUT2D eigenvalue weighted by atomic mass is 16.5. The van der Waals surface area contributed by atoms with Crippen molar-refractivity contribution in [3.63, 3.8) is 0 Å². The molecule has 11 heteroatoms. The number of hydrogen-bond donors (Lipinski definition) is 2. The first-order valence-electron chi connectivity index (χ1n) is 12.2. The number of carbonyl (C=O) groups excluding carboxylic acids is 4. The van der Waals surface area contributed by atoms with Gasteiger partial charge in [-0.15, -0.1) is 0 Å². The molecule has 0 aliphatic carbocycles. The average Bonchev–Trinajstić information content (AvgIpc) is 3.13. The number of amides is 2. The highest BCUT2D eigenvalue weighted by Crippen LogP contribution is 2.54. The van der Waals surface area contributed by atoms with Crippen LogP contribution in [0.15, 0.2) is 77.4 Å². The summed E-state index contributed by atoms with van der Waals surface area (Å²) in [6.45, 7) is 2.74. The fourth-order valence-corrected chi connectivity index (χ4v) is 4.79. The first kappa shape index (κ1) is 26.9. The van der Waals surface area contributed by atoms with Crippen LogP contribution in [-0.2, 0) is 38.8 Å². The van der Waals surface area contributed by atoms with Crippen molar-refractivity contribution in [3.8, 4) is 6.07 Å². The number of nitrogens with one attached hydrogen (secondary N) is 1. The van der Waals surface area contributed by atoms with E-state index >= 15 is 0 Å². The zero-order chi connectivity index (χ0) is 28.2. The lowest BCUT2D eigenvalue weighted by Crippen LogP contribution is -2.50. The Labute approximate surface area is 224 Å². The molecule has 2 aromatic carbocycles. The third-order valence-corrected chi connectivity index (χ3v) is 6.23. The number of hydrogen-bond acceptors (Lipinski definition) is 9. The Morgan fingerprint density at radius 3 is 2.38 bits per heavy atom. The summed E-state index contributed by atoms with van der Waals surface area (Å²) in [5, 5.41) is 12.9. The van der Waals surface area contributed by atoms with Crippen LogP contribution in [0.3, 0.4) is 0 Å². The van der Waals surface area contributed by atoms with Gasteiger partial charge in [-0.25, -0.2) is 4.79 Å². The lowest BCUT2D eigenvalue weighted by Gasteiger charge is -2.35. The van der Waals surface area contributed by atoms with Crippen molar-refractivity contribution in [2.24, 2.45) is 5.73 Å². The molecule has 0 saturated heterocycles. The third-order valence-electron chi connectivity index (χ3n) is 6.23. The van der Waals surface area contributed by atoms with Gasteiger partial charge in [0.2, 0.25) is 17.7 Å². The van der Waals surface area contributed by atoms with Gasteiger partial charge in [0, 0.05) is 16.9 Å². The number of nitrogens with two attached hydrogens (primary N) is 1. The number of ether oxygens (including phenoxy) is 3. The molecule has 0 aromatic heterocycles. The van der Waals surface area contributed by atoms with Crippen LogP contribution in [0, 0.1) is 11.3 Å². The number of carbonyl (C=O) groups is 4. The van der Waals surface area contributed by atoms with Crippen molar-refractivity contribution in [1.82, 2.24) is 0 Å². The lowest BCUT2D eigenvalue weighted by atomic mass is 9.68. The van der Waals surface area contributed by atoms with Gasteiger partial charge in [0.05, 0.1) is 13.2 Å². The van der Waals surface area contributed by atoms with Crippen LogP contribution in [0.2, 0.25) is 0 Å². The molecule has 4 rings (SSSR count). The molecule has 0 bridgehead atoms.